The van der Waals surface area contributed by atoms with Gasteiger partial charge in [-0.3, -0.25) is 0 Å². The second-order valence-corrected chi connectivity index (χ2v) is 3.63. The molecule has 0 saturated carbocycles. The summed E-state index contributed by atoms with van der Waals surface area (Å²) in [6.07, 6.45) is 0. The zero-order valence-electron chi connectivity index (χ0n) is 6.45. The van der Waals surface area contributed by atoms with Gasteiger partial charge in [0.1, 0.15) is 14.9 Å². The fourth-order valence-electron chi connectivity index (χ4n) is 1.11. The van der Waals surface area contributed by atoms with Crippen LogP contribution in [-0.2, 0) is 0 Å². The summed E-state index contributed by atoms with van der Waals surface area (Å²) in [7, 11) is 0. The van der Waals surface area contributed by atoms with Crippen molar-refractivity contribution in [3.8, 4) is 5.75 Å². The van der Waals surface area contributed by atoms with Gasteiger partial charge in [-0.25, -0.2) is 4.79 Å². The molecule has 0 unspecified atom stereocenters. The van der Waals surface area contributed by atoms with Crippen LogP contribution < -0.4 is 5.63 Å². The molecule has 1 N–H and O–H groups in total. The molecule has 1 aromatic carbocycles. The van der Waals surface area contributed by atoms with Crippen LogP contribution in [-0.4, -0.2) is 5.11 Å². The van der Waals surface area contributed by atoms with E-state index in [0.717, 1.165) is 0 Å². The maximum Gasteiger partial charge on any atom is 0.353 e. The van der Waals surface area contributed by atoms with Gasteiger partial charge < -0.3 is 9.52 Å². The minimum atomic E-state index is -0.503. The molecule has 0 amide bonds. The topological polar surface area (TPSA) is 50.4 Å². The first kappa shape index (κ1) is 8.55. The first-order chi connectivity index (χ1) is 6.20. The van der Waals surface area contributed by atoms with E-state index in [9.17, 15) is 9.90 Å². The zero-order chi connectivity index (χ0) is 9.42. The van der Waals surface area contributed by atoms with E-state index in [1.54, 1.807) is 46.9 Å². The number of hydrogen-bond donors (Lipinski definition) is 1. The lowest BCUT2D eigenvalue weighted by molar-refractivity contribution is 0.462. The lowest BCUT2D eigenvalue weighted by Gasteiger charge is -1.99. The van der Waals surface area contributed by atoms with Gasteiger partial charge >= 0.3 is 5.63 Å². The maximum absolute atomic E-state index is 11.1. The smallest absolute Gasteiger partial charge is 0.353 e. The van der Waals surface area contributed by atoms with Crippen LogP contribution in [0.3, 0.4) is 0 Å². The number of benzene rings is 1. The molecule has 1 heterocycles. The molecular weight excluding hydrogens is 283 g/mol. The first-order valence-corrected chi connectivity index (χ1v) is 4.68. The number of rotatable bonds is 0. The number of hydrogen-bond acceptors (Lipinski definition) is 3. The number of aromatic hydroxyl groups is 1. The third-order valence-corrected chi connectivity index (χ3v) is 2.68. The van der Waals surface area contributed by atoms with Crippen LogP contribution in [0, 0.1) is 3.57 Å². The van der Waals surface area contributed by atoms with E-state index in [-0.39, 0.29) is 9.32 Å². The summed E-state index contributed by atoms with van der Waals surface area (Å²) in [5, 5.41) is 10.1. The Kier molecular flexibility index (Phi) is 1.99. The molecule has 13 heavy (non-hydrogen) atoms. The highest BCUT2D eigenvalue weighted by Gasteiger charge is 2.09. The van der Waals surface area contributed by atoms with Crippen molar-refractivity contribution < 1.29 is 9.52 Å². The summed E-state index contributed by atoms with van der Waals surface area (Å²) in [6.45, 7) is 0. The average Bonchev–Trinajstić information content (AvgIpc) is 2.15. The van der Waals surface area contributed by atoms with Crippen molar-refractivity contribution in [2.75, 3.05) is 0 Å². The lowest BCUT2D eigenvalue weighted by Crippen LogP contribution is -2.02. The van der Waals surface area contributed by atoms with Gasteiger partial charge in [-0.05, 0) is 34.7 Å². The minimum Gasteiger partial charge on any atom is -0.506 e. The van der Waals surface area contributed by atoms with Crippen LogP contribution in [0.2, 0.25) is 0 Å². The second-order valence-electron chi connectivity index (χ2n) is 2.55. The second kappa shape index (κ2) is 3.02. The third kappa shape index (κ3) is 1.31. The standard InChI is InChI=1S/C9H5IO3/c10-7-8(11)5-3-1-2-4-6(5)13-9(7)12/h1-4,11H. The van der Waals surface area contributed by atoms with Gasteiger partial charge in [0.2, 0.25) is 0 Å². The van der Waals surface area contributed by atoms with Gasteiger partial charge in [0.25, 0.3) is 0 Å². The summed E-state index contributed by atoms with van der Waals surface area (Å²) in [6, 6.07) is 6.87. The molecule has 0 atom stereocenters. The highest BCUT2D eigenvalue weighted by Crippen LogP contribution is 2.26. The Morgan fingerprint density at radius 3 is 2.77 bits per heavy atom. The number of halogens is 1. The number of para-hydroxylation sites is 1. The van der Waals surface area contributed by atoms with E-state index in [4.69, 9.17) is 4.42 Å². The normalized spacial score (nSPS) is 10.5. The number of fused-ring (bicyclic) bond motifs is 1. The Labute approximate surface area is 87.1 Å². The van der Waals surface area contributed by atoms with Gasteiger partial charge in [-0.2, -0.15) is 0 Å². The quantitative estimate of drug-likeness (QED) is 0.596. The van der Waals surface area contributed by atoms with E-state index >= 15 is 0 Å². The van der Waals surface area contributed by atoms with Gasteiger partial charge in [-0.15, -0.1) is 0 Å². The van der Waals surface area contributed by atoms with Crippen LogP contribution in [0.25, 0.3) is 11.0 Å². The van der Waals surface area contributed by atoms with Crippen molar-refractivity contribution in [2.45, 2.75) is 0 Å². The summed E-state index contributed by atoms with van der Waals surface area (Å²) >= 11 is 1.76. The van der Waals surface area contributed by atoms with Crippen molar-refractivity contribution >= 4 is 33.6 Å². The third-order valence-electron chi connectivity index (χ3n) is 1.73. The van der Waals surface area contributed by atoms with E-state index in [1.165, 1.54) is 0 Å². The Morgan fingerprint density at radius 1 is 1.31 bits per heavy atom. The van der Waals surface area contributed by atoms with E-state index in [0.29, 0.717) is 11.0 Å². The molecule has 0 bridgehead atoms. The van der Waals surface area contributed by atoms with Crippen LogP contribution in [0.5, 0.6) is 5.75 Å². The van der Waals surface area contributed by atoms with Crippen LogP contribution in [0.4, 0.5) is 0 Å². The molecule has 0 aliphatic carbocycles. The summed E-state index contributed by atoms with van der Waals surface area (Å²) in [5.41, 5.74) is -0.0952. The average molecular weight is 288 g/mol. The van der Waals surface area contributed by atoms with Gasteiger partial charge in [0.05, 0.1) is 5.39 Å². The molecule has 0 spiro atoms. The molecule has 0 fully saturated rings. The Balaban J connectivity index is 3.02. The summed E-state index contributed by atoms with van der Waals surface area (Å²) in [5.74, 6) is -0.00699. The first-order valence-electron chi connectivity index (χ1n) is 3.60. The molecular formula is C9H5IO3. The van der Waals surface area contributed by atoms with Crippen molar-refractivity contribution in [3.05, 3.63) is 38.3 Å². The fraction of sp³-hybridized carbons (Fsp3) is 0. The molecule has 2 rings (SSSR count). The van der Waals surface area contributed by atoms with Crippen molar-refractivity contribution in [1.82, 2.24) is 0 Å². The van der Waals surface area contributed by atoms with E-state index in [2.05, 4.69) is 0 Å². The van der Waals surface area contributed by atoms with E-state index in [1.807, 2.05) is 0 Å². The predicted octanol–water partition coefficient (Wildman–Crippen LogP) is 2.10. The molecule has 0 radical (unpaired) electrons. The molecule has 4 heteroatoms. The molecule has 0 aliphatic heterocycles. The summed E-state index contributed by atoms with van der Waals surface area (Å²) in [4.78, 5) is 11.1. The van der Waals surface area contributed by atoms with Crippen molar-refractivity contribution in [3.63, 3.8) is 0 Å². The Bertz CT molecular complexity index is 516. The lowest BCUT2D eigenvalue weighted by atomic mass is 10.2. The molecule has 0 aliphatic rings. The van der Waals surface area contributed by atoms with E-state index < -0.39 is 5.63 Å². The fourth-order valence-corrected chi connectivity index (χ4v) is 1.51. The Morgan fingerprint density at radius 2 is 2.00 bits per heavy atom. The highest BCUT2D eigenvalue weighted by atomic mass is 127. The molecule has 2 aromatic rings. The van der Waals surface area contributed by atoms with Gasteiger partial charge in [-0.1, -0.05) is 12.1 Å². The summed E-state index contributed by atoms with van der Waals surface area (Å²) < 4.78 is 5.17. The van der Waals surface area contributed by atoms with Crippen molar-refractivity contribution in [2.24, 2.45) is 0 Å². The molecule has 0 saturated heterocycles. The van der Waals surface area contributed by atoms with Crippen LogP contribution in [0.1, 0.15) is 0 Å². The van der Waals surface area contributed by atoms with Gasteiger partial charge in [0, 0.05) is 0 Å². The predicted molar refractivity (Wildman–Crippen MR) is 56.9 cm³/mol. The minimum absolute atomic E-state index is 0.00699. The highest BCUT2D eigenvalue weighted by molar-refractivity contribution is 14.1. The largest absolute Gasteiger partial charge is 0.506 e. The molecule has 3 nitrogen and oxygen atoms in total. The zero-order valence-corrected chi connectivity index (χ0v) is 8.61. The Hall–Kier alpha value is -1.04. The van der Waals surface area contributed by atoms with Gasteiger partial charge in [0.15, 0.2) is 0 Å². The van der Waals surface area contributed by atoms with Crippen LogP contribution >= 0.6 is 22.6 Å². The maximum atomic E-state index is 11.1. The molecule has 1 aromatic heterocycles. The monoisotopic (exact) mass is 288 g/mol. The molecule has 66 valence electrons. The van der Waals surface area contributed by atoms with Crippen molar-refractivity contribution in [1.29, 1.82) is 0 Å². The SMILES string of the molecule is O=c1oc2ccccc2c(O)c1I. The van der Waals surface area contributed by atoms with Crippen LogP contribution in [0.15, 0.2) is 33.5 Å².